The van der Waals surface area contributed by atoms with Crippen molar-refractivity contribution in [2.45, 2.75) is 27.2 Å². The third-order valence-electron chi connectivity index (χ3n) is 2.17. The van der Waals surface area contributed by atoms with Crippen LogP contribution in [0.25, 0.3) is 17.0 Å². The summed E-state index contributed by atoms with van der Waals surface area (Å²) in [5.41, 5.74) is 16.0. The largest absolute Gasteiger partial charge is 0.399 e. The lowest BCUT2D eigenvalue weighted by Gasteiger charge is -2.09. The van der Waals surface area contributed by atoms with E-state index in [1.165, 1.54) is 6.42 Å². The quantitative estimate of drug-likeness (QED) is 0.844. The Morgan fingerprint density at radius 2 is 1.17 bits per heavy atom. The van der Waals surface area contributed by atoms with Crippen LogP contribution in [0.1, 0.15) is 43.9 Å². The molecule has 2 nitrogen and oxygen atoms in total. The first kappa shape index (κ1) is 16.0. The fourth-order valence-electron chi connectivity index (χ4n) is 1.24. The number of hydrogen-bond acceptors (Lipinski definition) is 2. The topological polar surface area (TPSA) is 52.0 Å². The Hall–Kier alpha value is -1.96. The van der Waals surface area contributed by atoms with E-state index in [1.54, 1.807) is 0 Å². The zero-order valence-corrected chi connectivity index (χ0v) is 11.7. The summed E-state index contributed by atoms with van der Waals surface area (Å²) in [6.45, 7) is 17.5. The highest BCUT2D eigenvalue weighted by atomic mass is 14.6. The Kier molecular flexibility index (Phi) is 6.58. The van der Waals surface area contributed by atoms with Crippen molar-refractivity contribution in [1.82, 2.24) is 0 Å². The van der Waals surface area contributed by atoms with E-state index < -0.39 is 0 Å². The van der Waals surface area contributed by atoms with Gasteiger partial charge in [-0.25, -0.2) is 0 Å². The molecule has 0 unspecified atom stereocenters. The molecule has 0 atom stereocenters. The number of allylic oxidation sites excluding steroid dienone is 1. The van der Waals surface area contributed by atoms with Crippen molar-refractivity contribution in [3.8, 4) is 0 Å². The first-order valence-corrected chi connectivity index (χ1v) is 6.03. The molecular weight excluding hydrogens is 220 g/mol. The van der Waals surface area contributed by atoms with Crippen LogP contribution in [0.15, 0.2) is 37.9 Å². The molecule has 0 aliphatic rings. The van der Waals surface area contributed by atoms with Gasteiger partial charge in [-0.05, 0) is 41.8 Å². The zero-order valence-electron chi connectivity index (χ0n) is 11.7. The van der Waals surface area contributed by atoms with Crippen LogP contribution in [-0.2, 0) is 0 Å². The van der Waals surface area contributed by atoms with E-state index >= 15 is 0 Å². The molecule has 4 N–H and O–H groups in total. The number of rotatable bonds is 3. The molecule has 0 aromatic heterocycles. The Morgan fingerprint density at radius 1 is 0.889 bits per heavy atom. The highest BCUT2D eigenvalue weighted by molar-refractivity contribution is 5.74. The molecule has 0 bridgehead atoms. The van der Waals surface area contributed by atoms with Crippen molar-refractivity contribution in [1.29, 1.82) is 0 Å². The molecule has 0 aliphatic heterocycles. The van der Waals surface area contributed by atoms with Gasteiger partial charge in [-0.3, -0.25) is 0 Å². The van der Waals surface area contributed by atoms with Crippen molar-refractivity contribution in [3.05, 3.63) is 54.6 Å². The van der Waals surface area contributed by atoms with Crippen molar-refractivity contribution in [2.75, 3.05) is 0 Å². The van der Waals surface area contributed by atoms with Gasteiger partial charge in [0.05, 0.1) is 0 Å². The smallest absolute Gasteiger partial charge is 0.0315 e. The molecule has 0 saturated carbocycles. The number of hydrogen-bond donors (Lipinski definition) is 2. The van der Waals surface area contributed by atoms with Gasteiger partial charge in [0.2, 0.25) is 0 Å². The Bertz CT molecular complexity index is 377. The first-order chi connectivity index (χ1) is 8.33. The molecule has 0 fully saturated rings. The van der Waals surface area contributed by atoms with Crippen molar-refractivity contribution in [3.63, 3.8) is 0 Å². The summed E-state index contributed by atoms with van der Waals surface area (Å²) in [6, 6.07) is 5.76. The molecule has 0 spiro atoms. The van der Waals surface area contributed by atoms with E-state index in [4.69, 9.17) is 11.5 Å². The molecule has 1 aromatic carbocycles. The van der Waals surface area contributed by atoms with Gasteiger partial charge in [0.25, 0.3) is 0 Å². The minimum Gasteiger partial charge on any atom is -0.399 e. The summed E-state index contributed by atoms with van der Waals surface area (Å²) >= 11 is 0. The number of nitrogens with two attached hydrogens (primary N) is 2. The summed E-state index contributed by atoms with van der Waals surface area (Å²) in [6.07, 6.45) is 1.25. The van der Waals surface area contributed by atoms with Crippen LogP contribution in [0, 0.1) is 0 Å². The van der Waals surface area contributed by atoms with Gasteiger partial charge in [0.15, 0.2) is 0 Å². The molecule has 1 aromatic rings. The molecule has 0 heterocycles. The van der Waals surface area contributed by atoms with Crippen molar-refractivity contribution in [2.24, 2.45) is 11.5 Å². The summed E-state index contributed by atoms with van der Waals surface area (Å²) in [4.78, 5) is 0. The van der Waals surface area contributed by atoms with Crippen molar-refractivity contribution < 1.29 is 0 Å². The Morgan fingerprint density at radius 3 is 1.39 bits per heavy atom. The fourth-order valence-corrected chi connectivity index (χ4v) is 1.24. The summed E-state index contributed by atoms with van der Waals surface area (Å²) in [5.74, 6) is 0. The minimum atomic E-state index is 0.514. The van der Waals surface area contributed by atoms with Crippen molar-refractivity contribution >= 4 is 17.0 Å². The predicted octanol–water partition coefficient (Wildman–Crippen LogP) is 3.99. The zero-order chi connectivity index (χ0) is 14.3. The van der Waals surface area contributed by atoms with Crippen LogP contribution in [0.4, 0.5) is 0 Å². The van der Waals surface area contributed by atoms with Gasteiger partial charge in [-0.15, -0.1) is 0 Å². The standard InChI is InChI=1S/C13H16N2.C3H8/c1-8(2)11-5-12(9(3)14)7-13(6-11)10(4)15;1-3-2/h5-7H,1,3-4,14-15H2,2H3;3H2,1-2H3. The Labute approximate surface area is 111 Å². The maximum atomic E-state index is 5.66. The van der Waals surface area contributed by atoms with Crippen LogP contribution in [-0.4, -0.2) is 0 Å². The van der Waals surface area contributed by atoms with E-state index in [1.807, 2.05) is 25.1 Å². The van der Waals surface area contributed by atoms with Crippen LogP contribution >= 0.6 is 0 Å². The van der Waals surface area contributed by atoms with Crippen LogP contribution < -0.4 is 11.5 Å². The van der Waals surface area contributed by atoms with E-state index in [2.05, 4.69) is 33.6 Å². The molecule has 1 rings (SSSR count). The molecule has 0 radical (unpaired) electrons. The molecule has 0 saturated heterocycles. The van der Waals surface area contributed by atoms with Gasteiger partial charge in [0.1, 0.15) is 0 Å². The second-order valence-corrected chi connectivity index (χ2v) is 4.34. The van der Waals surface area contributed by atoms with E-state index in [9.17, 15) is 0 Å². The molecule has 98 valence electrons. The van der Waals surface area contributed by atoms with Crippen LogP contribution in [0.5, 0.6) is 0 Å². The lowest BCUT2D eigenvalue weighted by atomic mass is 9.99. The van der Waals surface area contributed by atoms with E-state index in [-0.39, 0.29) is 0 Å². The van der Waals surface area contributed by atoms with Crippen LogP contribution in [0.2, 0.25) is 0 Å². The highest BCUT2D eigenvalue weighted by Crippen LogP contribution is 2.21. The average molecular weight is 244 g/mol. The predicted molar refractivity (Wildman–Crippen MR) is 83.6 cm³/mol. The molecule has 0 amide bonds. The molecular formula is C16H24N2. The second kappa shape index (κ2) is 7.38. The second-order valence-electron chi connectivity index (χ2n) is 4.34. The highest BCUT2D eigenvalue weighted by Gasteiger charge is 2.03. The third-order valence-corrected chi connectivity index (χ3v) is 2.17. The lowest BCUT2D eigenvalue weighted by Crippen LogP contribution is -2.00. The average Bonchev–Trinajstić information content (AvgIpc) is 2.29. The summed E-state index contributed by atoms with van der Waals surface area (Å²) in [5, 5.41) is 0. The minimum absolute atomic E-state index is 0.514. The van der Waals surface area contributed by atoms with E-state index in [0.29, 0.717) is 11.4 Å². The van der Waals surface area contributed by atoms with Crippen LogP contribution in [0.3, 0.4) is 0 Å². The molecule has 18 heavy (non-hydrogen) atoms. The van der Waals surface area contributed by atoms with E-state index in [0.717, 1.165) is 22.3 Å². The lowest BCUT2D eigenvalue weighted by molar-refractivity contribution is 1.09. The summed E-state index contributed by atoms with van der Waals surface area (Å²) < 4.78 is 0. The normalized spacial score (nSPS) is 9.06. The van der Waals surface area contributed by atoms with Gasteiger partial charge >= 0.3 is 0 Å². The van der Waals surface area contributed by atoms with Gasteiger partial charge in [0, 0.05) is 11.4 Å². The fraction of sp³-hybridized carbons (Fsp3) is 0.250. The van der Waals surface area contributed by atoms with Gasteiger partial charge in [-0.2, -0.15) is 0 Å². The summed E-state index contributed by atoms with van der Waals surface area (Å²) in [7, 11) is 0. The number of benzene rings is 1. The molecule has 0 aliphatic carbocycles. The maximum absolute atomic E-state index is 5.66. The first-order valence-electron chi connectivity index (χ1n) is 6.03. The van der Waals surface area contributed by atoms with Gasteiger partial charge in [-0.1, -0.05) is 45.6 Å². The maximum Gasteiger partial charge on any atom is 0.0315 e. The monoisotopic (exact) mass is 244 g/mol. The third kappa shape index (κ3) is 4.91. The Balaban J connectivity index is 0.000000873. The van der Waals surface area contributed by atoms with Gasteiger partial charge < -0.3 is 11.5 Å². The molecule has 2 heteroatoms. The SMILES string of the molecule is C=C(C)c1cc(C(=C)N)cc(C(=C)N)c1.CCC.